The van der Waals surface area contributed by atoms with Crippen LogP contribution in [0.25, 0.3) is 0 Å². The fourth-order valence-corrected chi connectivity index (χ4v) is 3.34. The van der Waals surface area contributed by atoms with Gasteiger partial charge in [-0.15, -0.1) is 0 Å². The molecule has 7 nitrogen and oxygen atoms in total. The van der Waals surface area contributed by atoms with Gasteiger partial charge in [-0.1, -0.05) is 0 Å². The predicted molar refractivity (Wildman–Crippen MR) is 98.5 cm³/mol. The van der Waals surface area contributed by atoms with E-state index in [1.165, 1.54) is 23.1 Å². The molecule has 2 heterocycles. The summed E-state index contributed by atoms with van der Waals surface area (Å²) in [6.07, 6.45) is -4.75. The van der Waals surface area contributed by atoms with Gasteiger partial charge in [-0.05, 0) is 30.2 Å². The van der Waals surface area contributed by atoms with Crippen LogP contribution in [0.15, 0.2) is 29.8 Å². The average Bonchev–Trinajstić information content (AvgIpc) is 3.08. The fraction of sp³-hybridized carbons (Fsp3) is 0.421. The molecule has 2 aliphatic heterocycles. The predicted octanol–water partition coefficient (Wildman–Crippen LogP) is 2.53. The number of carbonyl (C=O) groups excluding carboxylic acids is 2. The Bertz CT molecular complexity index is 902. The number of halogens is 4. The summed E-state index contributed by atoms with van der Waals surface area (Å²) in [4.78, 5) is 25.6. The highest BCUT2D eigenvalue weighted by atomic mass is 19.3. The summed E-state index contributed by atoms with van der Waals surface area (Å²) < 4.78 is 58.3. The first-order valence-electron chi connectivity index (χ1n) is 9.11. The molecule has 2 unspecified atom stereocenters. The Labute approximate surface area is 169 Å². The molecule has 2 aliphatic rings. The second kappa shape index (κ2) is 9.02. The molecule has 2 saturated heterocycles. The van der Waals surface area contributed by atoms with Crippen molar-refractivity contribution in [3.8, 4) is 6.07 Å². The minimum atomic E-state index is -3.18. The minimum Gasteiger partial charge on any atom is -0.442 e. The highest BCUT2D eigenvalue weighted by Gasteiger charge is 2.34. The van der Waals surface area contributed by atoms with Gasteiger partial charge in [0.2, 0.25) is 0 Å². The largest absolute Gasteiger partial charge is 0.442 e. The number of allylic oxidation sites excluding steroid dienone is 1. The van der Waals surface area contributed by atoms with Gasteiger partial charge in [0.15, 0.2) is 0 Å². The van der Waals surface area contributed by atoms with Crippen LogP contribution in [0.5, 0.6) is 0 Å². The van der Waals surface area contributed by atoms with E-state index in [4.69, 9.17) is 10.00 Å². The van der Waals surface area contributed by atoms with Crippen molar-refractivity contribution < 1.29 is 31.9 Å². The second-order valence-corrected chi connectivity index (χ2v) is 6.81. The molecule has 2 amide bonds. The average molecular weight is 426 g/mol. The number of cyclic esters (lactones) is 1. The number of alkyl halides is 3. The number of carbonyl (C=O) groups is 2. The molecule has 160 valence electrons. The zero-order valence-electron chi connectivity index (χ0n) is 15.7. The topological polar surface area (TPSA) is 85.7 Å². The molecule has 0 saturated carbocycles. The van der Waals surface area contributed by atoms with E-state index in [0.717, 1.165) is 11.0 Å². The number of hydrogen-bond donors (Lipinski definition) is 1. The van der Waals surface area contributed by atoms with E-state index in [0.29, 0.717) is 18.5 Å². The fourth-order valence-electron chi connectivity index (χ4n) is 3.34. The number of hydrogen-bond acceptors (Lipinski definition) is 5. The van der Waals surface area contributed by atoms with Crippen molar-refractivity contribution in [1.82, 2.24) is 5.32 Å². The minimum absolute atomic E-state index is 0.0558. The van der Waals surface area contributed by atoms with Gasteiger partial charge in [0, 0.05) is 12.6 Å². The van der Waals surface area contributed by atoms with Crippen molar-refractivity contribution in [1.29, 1.82) is 5.26 Å². The van der Waals surface area contributed by atoms with Gasteiger partial charge in [-0.25, -0.2) is 13.6 Å². The molecule has 1 N–H and O–H groups in total. The van der Waals surface area contributed by atoms with Crippen molar-refractivity contribution in [3.05, 3.63) is 35.7 Å². The normalized spacial score (nSPS) is 22.9. The zero-order valence-corrected chi connectivity index (χ0v) is 15.7. The SMILES string of the molecule is N#C/C=C1/CCN(c2ccc(N3CC(CNC(=O)C(F)F)OC3=O)cc2F)CC1F. The van der Waals surface area contributed by atoms with Crippen LogP contribution in [0.4, 0.5) is 33.7 Å². The molecule has 11 heteroatoms. The molecule has 1 aromatic rings. The van der Waals surface area contributed by atoms with Crippen molar-refractivity contribution >= 4 is 23.4 Å². The zero-order chi connectivity index (χ0) is 21.8. The summed E-state index contributed by atoms with van der Waals surface area (Å²) in [5.41, 5.74) is 0.712. The molecular weight excluding hydrogens is 408 g/mol. The highest BCUT2D eigenvalue weighted by Crippen LogP contribution is 2.31. The molecule has 1 aromatic carbocycles. The maximum absolute atomic E-state index is 14.7. The summed E-state index contributed by atoms with van der Waals surface area (Å²) in [6, 6.07) is 5.78. The van der Waals surface area contributed by atoms with Crippen LogP contribution in [-0.2, 0) is 9.53 Å². The lowest BCUT2D eigenvalue weighted by Crippen LogP contribution is -2.38. The molecule has 0 aromatic heterocycles. The first kappa shape index (κ1) is 21.4. The van der Waals surface area contributed by atoms with E-state index in [1.54, 1.807) is 6.07 Å². The number of benzene rings is 1. The number of nitriles is 1. The number of rotatable bonds is 5. The van der Waals surface area contributed by atoms with Crippen LogP contribution in [-0.4, -0.2) is 56.9 Å². The van der Waals surface area contributed by atoms with Gasteiger partial charge >= 0.3 is 12.5 Å². The number of ether oxygens (including phenoxy) is 1. The second-order valence-electron chi connectivity index (χ2n) is 6.81. The highest BCUT2D eigenvalue weighted by molar-refractivity contribution is 5.90. The van der Waals surface area contributed by atoms with Gasteiger partial charge in [-0.3, -0.25) is 9.69 Å². The summed E-state index contributed by atoms with van der Waals surface area (Å²) in [6.45, 7) is -0.112. The monoisotopic (exact) mass is 426 g/mol. The van der Waals surface area contributed by atoms with E-state index in [-0.39, 0.29) is 31.0 Å². The third-order valence-electron chi connectivity index (χ3n) is 4.86. The van der Waals surface area contributed by atoms with Crippen LogP contribution >= 0.6 is 0 Å². The third-order valence-corrected chi connectivity index (χ3v) is 4.86. The Balaban J connectivity index is 1.65. The Hall–Kier alpha value is -3.29. The number of nitrogens with one attached hydrogen (secondary N) is 1. The molecule has 0 spiro atoms. The Morgan fingerprint density at radius 3 is 2.80 bits per heavy atom. The van der Waals surface area contributed by atoms with E-state index in [1.807, 2.05) is 5.32 Å². The number of anilines is 2. The number of piperidine rings is 1. The first-order valence-corrected chi connectivity index (χ1v) is 9.11. The quantitative estimate of drug-likeness (QED) is 0.578. The molecule has 3 rings (SSSR count). The van der Waals surface area contributed by atoms with E-state index in [2.05, 4.69) is 0 Å². The van der Waals surface area contributed by atoms with Gasteiger partial charge in [0.25, 0.3) is 5.91 Å². The number of amides is 2. The molecule has 30 heavy (non-hydrogen) atoms. The van der Waals surface area contributed by atoms with Crippen LogP contribution in [0.1, 0.15) is 6.42 Å². The summed E-state index contributed by atoms with van der Waals surface area (Å²) in [5, 5.41) is 10.6. The van der Waals surface area contributed by atoms with Crippen LogP contribution in [0.3, 0.4) is 0 Å². The Morgan fingerprint density at radius 1 is 1.40 bits per heavy atom. The van der Waals surface area contributed by atoms with Crippen molar-refractivity contribution in [2.24, 2.45) is 0 Å². The molecule has 2 fully saturated rings. The van der Waals surface area contributed by atoms with E-state index < -0.39 is 36.5 Å². The lowest BCUT2D eigenvalue weighted by Gasteiger charge is -2.32. The Kier molecular flexibility index (Phi) is 6.44. The summed E-state index contributed by atoms with van der Waals surface area (Å²) >= 11 is 0. The van der Waals surface area contributed by atoms with E-state index in [9.17, 15) is 27.2 Å². The molecule has 0 aliphatic carbocycles. The summed E-state index contributed by atoms with van der Waals surface area (Å²) in [7, 11) is 0. The lowest BCUT2D eigenvalue weighted by atomic mass is 10.0. The summed E-state index contributed by atoms with van der Waals surface area (Å²) in [5.74, 6) is -2.14. The van der Waals surface area contributed by atoms with Gasteiger partial charge in [0.05, 0.1) is 37.1 Å². The smallest absolute Gasteiger partial charge is 0.414 e. The van der Waals surface area contributed by atoms with Crippen molar-refractivity contribution in [2.75, 3.05) is 36.0 Å². The standard InChI is InChI=1S/C19H18F4N4O3/c20-14-7-12(27-9-13(30-19(27)29)8-25-18(28)17(22)23)1-2-16(14)26-6-4-11(3-5-24)15(21)10-26/h1-3,7,13,15,17H,4,6,8-10H2,(H,25,28)/b11-3-. The molecule has 2 atom stereocenters. The first-order chi connectivity index (χ1) is 14.3. The molecular formula is C19H18F4N4O3. The Morgan fingerprint density at radius 2 is 2.17 bits per heavy atom. The van der Waals surface area contributed by atoms with Gasteiger partial charge in [-0.2, -0.15) is 14.0 Å². The van der Waals surface area contributed by atoms with Crippen LogP contribution < -0.4 is 15.1 Å². The molecule has 0 bridgehead atoms. The van der Waals surface area contributed by atoms with Crippen molar-refractivity contribution in [2.45, 2.75) is 25.1 Å². The van der Waals surface area contributed by atoms with E-state index >= 15 is 0 Å². The van der Waals surface area contributed by atoms with Crippen LogP contribution in [0, 0.1) is 17.1 Å². The number of nitrogens with zero attached hydrogens (tertiary/aromatic N) is 3. The van der Waals surface area contributed by atoms with Crippen molar-refractivity contribution in [3.63, 3.8) is 0 Å². The van der Waals surface area contributed by atoms with Crippen LogP contribution in [0.2, 0.25) is 0 Å². The lowest BCUT2D eigenvalue weighted by molar-refractivity contribution is -0.132. The maximum atomic E-state index is 14.7. The van der Waals surface area contributed by atoms with Gasteiger partial charge < -0.3 is 15.0 Å². The third kappa shape index (κ3) is 4.64. The molecule has 0 radical (unpaired) electrons. The maximum Gasteiger partial charge on any atom is 0.414 e. The van der Waals surface area contributed by atoms with Gasteiger partial charge in [0.1, 0.15) is 18.1 Å².